The summed E-state index contributed by atoms with van der Waals surface area (Å²) < 4.78 is 63.1. The second kappa shape index (κ2) is 4.98. The molecule has 1 aromatic carbocycles. The molecule has 1 aromatic heterocycles. The van der Waals surface area contributed by atoms with Crippen LogP contribution in [0.5, 0.6) is 0 Å². The molecule has 2 aromatic rings. The molecule has 20 heavy (non-hydrogen) atoms. The van der Waals surface area contributed by atoms with E-state index in [2.05, 4.69) is 14.7 Å². The number of rotatable bonds is 3. The lowest BCUT2D eigenvalue weighted by atomic mass is 10.2. The zero-order chi connectivity index (χ0) is 15.0. The molecule has 0 fully saturated rings. The van der Waals surface area contributed by atoms with E-state index in [9.17, 15) is 21.6 Å². The van der Waals surface area contributed by atoms with Gasteiger partial charge in [-0.05, 0) is 18.2 Å². The van der Waals surface area contributed by atoms with E-state index in [4.69, 9.17) is 11.6 Å². The molecule has 0 aliphatic rings. The van der Waals surface area contributed by atoms with Gasteiger partial charge in [0, 0.05) is 0 Å². The average Bonchev–Trinajstić information content (AvgIpc) is 2.84. The van der Waals surface area contributed by atoms with E-state index >= 15 is 0 Å². The van der Waals surface area contributed by atoms with E-state index in [-0.39, 0.29) is 15.7 Å². The highest BCUT2D eigenvalue weighted by Crippen LogP contribution is 2.34. The van der Waals surface area contributed by atoms with E-state index in [0.717, 1.165) is 24.7 Å². The zero-order valence-corrected chi connectivity index (χ0v) is 11.1. The van der Waals surface area contributed by atoms with E-state index in [1.807, 2.05) is 0 Å². The number of anilines is 1. The first kappa shape index (κ1) is 14.7. The molecule has 5 nitrogen and oxygen atoms in total. The number of H-pyrrole nitrogens is 1. The maximum absolute atomic E-state index is 12.5. The Balaban J connectivity index is 2.32. The Bertz CT molecular complexity index is 714. The maximum atomic E-state index is 12.5. The van der Waals surface area contributed by atoms with Crippen LogP contribution in [0.4, 0.5) is 18.9 Å². The molecule has 108 valence electrons. The smallest absolute Gasteiger partial charge is 0.334 e. The Hall–Kier alpha value is -1.74. The molecule has 10 heteroatoms. The van der Waals surface area contributed by atoms with Gasteiger partial charge in [-0.2, -0.15) is 21.6 Å². The monoisotopic (exact) mass is 325 g/mol. The average molecular weight is 326 g/mol. The van der Waals surface area contributed by atoms with Gasteiger partial charge in [0.25, 0.3) is 10.0 Å². The Kier molecular flexibility index (Phi) is 3.65. The van der Waals surface area contributed by atoms with Gasteiger partial charge < -0.3 is 4.98 Å². The highest BCUT2D eigenvalue weighted by molar-refractivity contribution is 7.92. The van der Waals surface area contributed by atoms with Gasteiger partial charge in [-0.3, -0.25) is 4.72 Å². The van der Waals surface area contributed by atoms with Crippen LogP contribution in [0.2, 0.25) is 5.02 Å². The lowest BCUT2D eigenvalue weighted by Gasteiger charge is -2.11. The standard InChI is InChI=1S/C10H7ClF3N3O2S/c11-7-3-6(10(12,13)14)1-2-8(7)17-20(18,19)9-4-15-5-16-9/h1-5,17H,(H,15,16). The third-order valence-corrected chi connectivity index (χ3v) is 3.91. The van der Waals surface area contributed by atoms with Gasteiger partial charge in [0.1, 0.15) is 0 Å². The molecule has 0 aliphatic heterocycles. The van der Waals surface area contributed by atoms with Gasteiger partial charge in [-0.1, -0.05) is 11.6 Å². The number of alkyl halides is 3. The summed E-state index contributed by atoms with van der Waals surface area (Å²) in [7, 11) is -3.97. The summed E-state index contributed by atoms with van der Waals surface area (Å²) in [6.45, 7) is 0. The van der Waals surface area contributed by atoms with Crippen molar-refractivity contribution in [2.24, 2.45) is 0 Å². The number of imidazole rings is 1. The second-order valence-corrected chi connectivity index (χ2v) is 5.77. The number of nitrogens with one attached hydrogen (secondary N) is 2. The van der Waals surface area contributed by atoms with Crippen LogP contribution in [-0.4, -0.2) is 18.4 Å². The molecule has 0 aliphatic carbocycles. The fraction of sp³-hybridized carbons (Fsp3) is 0.100. The first-order valence-corrected chi connectivity index (χ1v) is 6.94. The van der Waals surface area contributed by atoms with E-state index in [1.165, 1.54) is 0 Å². The number of benzene rings is 1. The molecular weight excluding hydrogens is 319 g/mol. The van der Waals surface area contributed by atoms with Crippen LogP contribution in [-0.2, 0) is 16.2 Å². The Labute approximate surface area is 116 Å². The van der Waals surface area contributed by atoms with E-state index in [0.29, 0.717) is 6.07 Å². The molecule has 0 atom stereocenters. The van der Waals surface area contributed by atoms with Crippen LogP contribution in [0.1, 0.15) is 5.56 Å². The fourth-order valence-corrected chi connectivity index (χ4v) is 2.63. The van der Waals surface area contributed by atoms with E-state index < -0.39 is 21.8 Å². The Morgan fingerprint density at radius 3 is 2.50 bits per heavy atom. The number of sulfonamides is 1. The molecule has 2 rings (SSSR count). The van der Waals surface area contributed by atoms with Gasteiger partial charge >= 0.3 is 6.18 Å². The van der Waals surface area contributed by atoms with Crippen molar-refractivity contribution in [1.29, 1.82) is 0 Å². The molecule has 0 spiro atoms. The number of hydrogen-bond acceptors (Lipinski definition) is 3. The van der Waals surface area contributed by atoms with Crippen molar-refractivity contribution in [1.82, 2.24) is 9.97 Å². The molecule has 1 heterocycles. The van der Waals surface area contributed by atoms with Crippen molar-refractivity contribution in [3.63, 3.8) is 0 Å². The van der Waals surface area contributed by atoms with Crippen molar-refractivity contribution < 1.29 is 21.6 Å². The summed E-state index contributed by atoms with van der Waals surface area (Å²) in [5, 5.41) is -0.587. The van der Waals surface area contributed by atoms with Crippen molar-refractivity contribution >= 4 is 27.3 Å². The Morgan fingerprint density at radius 1 is 1.30 bits per heavy atom. The lowest BCUT2D eigenvalue weighted by molar-refractivity contribution is -0.137. The van der Waals surface area contributed by atoms with Crippen LogP contribution < -0.4 is 4.72 Å². The number of nitrogens with zero attached hydrogens (tertiary/aromatic N) is 1. The number of aromatic amines is 1. The minimum Gasteiger partial charge on any atom is -0.334 e. The summed E-state index contributed by atoms with van der Waals surface area (Å²) in [5.41, 5.74) is -1.12. The van der Waals surface area contributed by atoms with Gasteiger partial charge in [0.05, 0.1) is 28.8 Å². The highest BCUT2D eigenvalue weighted by Gasteiger charge is 2.31. The van der Waals surface area contributed by atoms with Crippen LogP contribution in [0.3, 0.4) is 0 Å². The minimum absolute atomic E-state index is 0.158. The van der Waals surface area contributed by atoms with E-state index in [1.54, 1.807) is 0 Å². The maximum Gasteiger partial charge on any atom is 0.416 e. The molecule has 0 radical (unpaired) electrons. The first-order chi connectivity index (χ1) is 9.20. The largest absolute Gasteiger partial charge is 0.416 e. The summed E-state index contributed by atoms with van der Waals surface area (Å²) in [6.07, 6.45) is -2.34. The van der Waals surface area contributed by atoms with Crippen molar-refractivity contribution in [2.75, 3.05) is 4.72 Å². The van der Waals surface area contributed by atoms with Crippen LogP contribution in [0.15, 0.2) is 35.7 Å². The van der Waals surface area contributed by atoms with Crippen LogP contribution in [0, 0.1) is 0 Å². The van der Waals surface area contributed by atoms with Crippen LogP contribution in [0.25, 0.3) is 0 Å². The fourth-order valence-electron chi connectivity index (χ4n) is 1.36. The SMILES string of the molecule is O=S(=O)(Nc1ccc(C(F)(F)F)cc1Cl)c1cnc[nH]1. The summed E-state index contributed by atoms with van der Waals surface area (Å²) in [5.74, 6) is 0. The normalized spacial score (nSPS) is 12.4. The highest BCUT2D eigenvalue weighted by atomic mass is 35.5. The first-order valence-electron chi connectivity index (χ1n) is 5.08. The number of aromatic nitrogens is 2. The van der Waals surface area contributed by atoms with Crippen molar-refractivity contribution in [2.45, 2.75) is 11.2 Å². The third kappa shape index (κ3) is 3.05. The molecule has 0 unspecified atom stereocenters. The predicted molar refractivity (Wildman–Crippen MR) is 65.9 cm³/mol. The van der Waals surface area contributed by atoms with Gasteiger partial charge in [0.2, 0.25) is 0 Å². The quantitative estimate of drug-likeness (QED) is 0.911. The molecule has 2 N–H and O–H groups in total. The topological polar surface area (TPSA) is 74.8 Å². The number of hydrogen-bond donors (Lipinski definition) is 2. The van der Waals surface area contributed by atoms with Crippen LogP contribution >= 0.6 is 11.6 Å². The minimum atomic E-state index is -4.55. The summed E-state index contributed by atoms with van der Waals surface area (Å²) in [6, 6.07) is 2.32. The molecule has 0 amide bonds. The van der Waals surface area contributed by atoms with Crippen molar-refractivity contribution in [3.8, 4) is 0 Å². The summed E-state index contributed by atoms with van der Waals surface area (Å²) in [4.78, 5) is 5.91. The van der Waals surface area contributed by atoms with Gasteiger partial charge in [0.15, 0.2) is 5.03 Å². The number of halogens is 4. The van der Waals surface area contributed by atoms with Gasteiger partial charge in [-0.25, -0.2) is 4.98 Å². The zero-order valence-electron chi connectivity index (χ0n) is 9.57. The molecule has 0 bridgehead atoms. The molecular formula is C10H7ClF3N3O2S. The van der Waals surface area contributed by atoms with Gasteiger partial charge in [-0.15, -0.1) is 0 Å². The molecule has 0 saturated heterocycles. The third-order valence-electron chi connectivity index (χ3n) is 2.30. The lowest BCUT2D eigenvalue weighted by Crippen LogP contribution is -2.14. The molecule has 0 saturated carbocycles. The second-order valence-electron chi connectivity index (χ2n) is 3.71. The predicted octanol–water partition coefficient (Wildman–Crippen LogP) is 2.88. The summed E-state index contributed by atoms with van der Waals surface area (Å²) >= 11 is 5.65. The van der Waals surface area contributed by atoms with Crippen molar-refractivity contribution in [3.05, 3.63) is 41.3 Å². The Morgan fingerprint density at radius 2 is 2.00 bits per heavy atom.